The van der Waals surface area contributed by atoms with Crippen LogP contribution in [0.1, 0.15) is 87.9 Å². The van der Waals surface area contributed by atoms with Crippen LogP contribution < -0.4 is 9.47 Å². The second kappa shape index (κ2) is 15.3. The number of esters is 3. The maximum atomic E-state index is 13.3. The molecule has 0 aromatic heterocycles. The van der Waals surface area contributed by atoms with Crippen LogP contribution in [0.4, 0.5) is 0 Å². The second-order valence-electron chi connectivity index (χ2n) is 14.0. The highest BCUT2D eigenvalue weighted by Crippen LogP contribution is 2.48. The Hall–Kier alpha value is -1.65. The second-order valence-corrected chi connectivity index (χ2v) is 16.3. The van der Waals surface area contributed by atoms with Crippen LogP contribution in [0.25, 0.3) is 0 Å². The van der Waals surface area contributed by atoms with E-state index in [4.69, 9.17) is 88.6 Å². The smallest absolute Gasteiger partial charge is 0.381 e. The highest BCUT2D eigenvalue weighted by Gasteiger charge is 2.41. The van der Waals surface area contributed by atoms with Crippen molar-refractivity contribution >= 4 is 87.5 Å². The van der Waals surface area contributed by atoms with E-state index in [0.717, 1.165) is 31.7 Å². The van der Waals surface area contributed by atoms with Gasteiger partial charge < -0.3 is 24.1 Å². The highest BCUT2D eigenvalue weighted by atomic mass is 35.5. The standard InChI is InChI=1S/C34H38Cl6O8/c1-15-17(7-9-33(15,3)4)13-45-29(41)23-25(39)19(35)11-21(37)27(23)47-31(43)32(44)48-28-22(38)12-20(36)26(40)24(28)30(42)46-14-18-8-10-34(5,6)16(18)2/h11-12,15-18,31,43H,7-10,13-14H2,1-6H3. The molecule has 2 saturated carbocycles. The van der Waals surface area contributed by atoms with Crippen molar-refractivity contribution < 1.29 is 38.4 Å². The molecule has 1 N–H and O–H groups in total. The molecule has 5 atom stereocenters. The van der Waals surface area contributed by atoms with Gasteiger partial charge in [0.05, 0.1) is 43.3 Å². The summed E-state index contributed by atoms with van der Waals surface area (Å²) in [5.74, 6) is -3.53. The van der Waals surface area contributed by atoms with Crippen molar-refractivity contribution in [3.05, 3.63) is 53.4 Å². The molecule has 2 aliphatic rings. The Kier molecular flexibility index (Phi) is 12.5. The molecular weight excluding hydrogens is 749 g/mol. The number of ether oxygens (including phenoxy) is 4. The summed E-state index contributed by atoms with van der Waals surface area (Å²) in [5, 5.41) is 9.54. The summed E-state index contributed by atoms with van der Waals surface area (Å²) in [6.45, 7) is 13.0. The van der Waals surface area contributed by atoms with Gasteiger partial charge in [-0.15, -0.1) is 0 Å². The van der Waals surface area contributed by atoms with Crippen molar-refractivity contribution in [3.8, 4) is 11.5 Å². The number of aliphatic hydroxyl groups excluding tert-OH is 1. The zero-order valence-electron chi connectivity index (χ0n) is 27.4. The van der Waals surface area contributed by atoms with E-state index in [-0.39, 0.29) is 77.9 Å². The normalized spacial score (nSPS) is 23.4. The first-order valence-electron chi connectivity index (χ1n) is 15.5. The molecule has 0 amide bonds. The molecule has 14 heteroatoms. The number of carbonyl (C=O) groups is 3. The van der Waals surface area contributed by atoms with Gasteiger partial charge in [0.2, 0.25) is 0 Å². The Morgan fingerprint density at radius 2 is 1.12 bits per heavy atom. The fourth-order valence-corrected chi connectivity index (χ4v) is 7.80. The van der Waals surface area contributed by atoms with E-state index in [2.05, 4.69) is 41.5 Å². The fraction of sp³-hybridized carbons (Fsp3) is 0.559. The largest absolute Gasteiger partial charge is 0.462 e. The number of benzene rings is 2. The first-order chi connectivity index (χ1) is 22.3. The Labute approximate surface area is 310 Å². The molecule has 0 radical (unpaired) electrons. The number of rotatable bonds is 10. The average molecular weight is 787 g/mol. The van der Waals surface area contributed by atoms with Crippen LogP contribution in [0.3, 0.4) is 0 Å². The first kappa shape index (κ1) is 39.1. The van der Waals surface area contributed by atoms with Gasteiger partial charge in [-0.25, -0.2) is 14.4 Å². The van der Waals surface area contributed by atoms with Crippen LogP contribution in [0, 0.1) is 34.5 Å². The maximum Gasteiger partial charge on any atom is 0.381 e. The SMILES string of the molecule is CC1C(COC(=O)c2c(Cl)c(Cl)cc(Cl)c2OC(=O)C(O)Oc2c(Cl)cc(Cl)c(Cl)c2C(=O)OCC2CCC(C)(C)C2C)CCC1(C)C. The summed E-state index contributed by atoms with van der Waals surface area (Å²) in [6, 6.07) is 2.34. The molecule has 0 aliphatic heterocycles. The van der Waals surface area contributed by atoms with Gasteiger partial charge in [-0.1, -0.05) is 111 Å². The quantitative estimate of drug-likeness (QED) is 0.110. The third kappa shape index (κ3) is 8.28. The summed E-state index contributed by atoms with van der Waals surface area (Å²) >= 11 is 37.8. The molecule has 0 saturated heterocycles. The lowest BCUT2D eigenvalue weighted by Crippen LogP contribution is -2.32. The lowest BCUT2D eigenvalue weighted by Gasteiger charge is -2.27. The van der Waals surface area contributed by atoms with Crippen molar-refractivity contribution in [1.29, 1.82) is 0 Å². The molecule has 4 rings (SSSR count). The molecule has 264 valence electrons. The number of hydrogen-bond donors (Lipinski definition) is 1. The first-order valence-corrected chi connectivity index (χ1v) is 17.8. The van der Waals surface area contributed by atoms with Crippen molar-refractivity contribution in [2.45, 2.75) is 73.5 Å². The van der Waals surface area contributed by atoms with Gasteiger partial charge in [0.25, 0.3) is 6.29 Å². The van der Waals surface area contributed by atoms with E-state index in [1.54, 1.807) is 0 Å². The summed E-state index contributed by atoms with van der Waals surface area (Å²) < 4.78 is 21.9. The number of hydrogen-bond acceptors (Lipinski definition) is 8. The summed E-state index contributed by atoms with van der Waals surface area (Å²) in [5.41, 5.74) is -0.635. The third-order valence-corrected chi connectivity index (χ3v) is 12.5. The van der Waals surface area contributed by atoms with Crippen LogP contribution >= 0.6 is 69.6 Å². The molecule has 0 spiro atoms. The van der Waals surface area contributed by atoms with Crippen molar-refractivity contribution in [2.75, 3.05) is 13.2 Å². The Bertz CT molecular complexity index is 1590. The van der Waals surface area contributed by atoms with Gasteiger partial charge in [0, 0.05) is 0 Å². The van der Waals surface area contributed by atoms with E-state index >= 15 is 0 Å². The molecule has 2 aromatic rings. The van der Waals surface area contributed by atoms with Crippen LogP contribution in [-0.2, 0) is 14.3 Å². The fourth-order valence-electron chi connectivity index (χ4n) is 6.36. The van der Waals surface area contributed by atoms with E-state index in [0.29, 0.717) is 0 Å². The third-order valence-electron chi connectivity index (χ3n) is 10.4. The molecular formula is C34H38Cl6O8. The molecule has 2 aromatic carbocycles. The van der Waals surface area contributed by atoms with Crippen LogP contribution in [-0.4, -0.2) is 42.5 Å². The average Bonchev–Trinajstić information content (AvgIpc) is 3.42. The zero-order chi connectivity index (χ0) is 35.9. The number of carbonyl (C=O) groups excluding carboxylic acids is 3. The van der Waals surface area contributed by atoms with E-state index < -0.39 is 46.8 Å². The van der Waals surface area contributed by atoms with E-state index in [9.17, 15) is 19.5 Å². The Balaban J connectivity index is 1.53. The molecule has 2 fully saturated rings. The maximum absolute atomic E-state index is 13.3. The minimum absolute atomic E-state index is 0.0878. The number of aliphatic hydroxyl groups is 1. The monoisotopic (exact) mass is 784 g/mol. The summed E-state index contributed by atoms with van der Waals surface area (Å²) in [6.07, 6.45) is 1.27. The molecule has 8 nitrogen and oxygen atoms in total. The Morgan fingerprint density at radius 3 is 1.52 bits per heavy atom. The zero-order valence-corrected chi connectivity index (χ0v) is 31.9. The molecule has 48 heavy (non-hydrogen) atoms. The highest BCUT2D eigenvalue weighted by molar-refractivity contribution is 6.46. The Morgan fingerprint density at radius 1 is 0.729 bits per heavy atom. The van der Waals surface area contributed by atoms with Gasteiger partial charge in [-0.2, -0.15) is 0 Å². The van der Waals surface area contributed by atoms with Crippen LogP contribution in [0.5, 0.6) is 11.5 Å². The molecule has 5 unspecified atom stereocenters. The predicted octanol–water partition coefficient (Wildman–Crippen LogP) is 10.4. The summed E-state index contributed by atoms with van der Waals surface area (Å²) in [7, 11) is 0. The van der Waals surface area contributed by atoms with Gasteiger partial charge in [0.1, 0.15) is 11.1 Å². The van der Waals surface area contributed by atoms with Crippen molar-refractivity contribution in [1.82, 2.24) is 0 Å². The topological polar surface area (TPSA) is 108 Å². The van der Waals surface area contributed by atoms with Crippen LogP contribution in [0.15, 0.2) is 12.1 Å². The lowest BCUT2D eigenvalue weighted by molar-refractivity contribution is -0.159. The minimum Gasteiger partial charge on any atom is -0.462 e. The predicted molar refractivity (Wildman–Crippen MR) is 187 cm³/mol. The van der Waals surface area contributed by atoms with Gasteiger partial charge in [-0.3, -0.25) is 0 Å². The van der Waals surface area contributed by atoms with Crippen LogP contribution in [0.2, 0.25) is 30.1 Å². The molecule has 0 bridgehead atoms. The van der Waals surface area contributed by atoms with Gasteiger partial charge in [-0.05, 0) is 72.3 Å². The minimum atomic E-state index is -2.40. The van der Waals surface area contributed by atoms with E-state index in [1.165, 1.54) is 6.07 Å². The van der Waals surface area contributed by atoms with Gasteiger partial charge in [0.15, 0.2) is 11.5 Å². The lowest BCUT2D eigenvalue weighted by atomic mass is 9.80. The summed E-state index contributed by atoms with van der Waals surface area (Å²) in [4.78, 5) is 39.8. The molecule has 2 aliphatic carbocycles. The van der Waals surface area contributed by atoms with Gasteiger partial charge >= 0.3 is 17.9 Å². The number of halogens is 6. The van der Waals surface area contributed by atoms with Crippen molar-refractivity contribution in [2.24, 2.45) is 34.5 Å². The van der Waals surface area contributed by atoms with E-state index in [1.807, 2.05) is 0 Å². The van der Waals surface area contributed by atoms with Crippen molar-refractivity contribution in [3.63, 3.8) is 0 Å². The molecule has 0 heterocycles.